The quantitative estimate of drug-likeness (QED) is 0.310. The maximum Gasteiger partial charge on any atom is 0.514 e. The molecule has 0 aromatic heterocycles. The van der Waals surface area contributed by atoms with Crippen molar-refractivity contribution < 1.29 is 37.3 Å². The molecule has 1 fully saturated rings. The Hall–Kier alpha value is -2.92. The highest BCUT2D eigenvalue weighted by molar-refractivity contribution is 5.70. The molecule has 9 nitrogen and oxygen atoms in total. The number of hydrogen-bond acceptors (Lipinski definition) is 7. The summed E-state index contributed by atoms with van der Waals surface area (Å²) in [5, 5.41) is 22.4. The van der Waals surface area contributed by atoms with Gasteiger partial charge >= 0.3 is 18.0 Å². The Balaban J connectivity index is 2.43. The lowest BCUT2D eigenvalue weighted by atomic mass is 9.83. The lowest BCUT2D eigenvalue weighted by molar-refractivity contribution is -0.394. The van der Waals surface area contributed by atoms with Crippen molar-refractivity contribution in [3.05, 3.63) is 37.9 Å². The van der Waals surface area contributed by atoms with Gasteiger partial charge in [0.1, 0.15) is 0 Å². The zero-order valence-corrected chi connectivity index (χ0v) is 13.9. The van der Waals surface area contributed by atoms with E-state index in [-0.39, 0.29) is 11.5 Å². The van der Waals surface area contributed by atoms with Crippen molar-refractivity contribution in [3.8, 4) is 5.75 Å². The average molecular weight is 392 g/mol. The van der Waals surface area contributed by atoms with Gasteiger partial charge in [-0.3, -0.25) is 20.2 Å². The minimum Gasteiger partial charge on any atom is -0.424 e. The number of non-ortho nitro benzene ring substituents is 1. The minimum atomic E-state index is -4.80. The number of carbonyl (C=O) groups excluding carboxylic acids is 1. The lowest BCUT2D eigenvalue weighted by Gasteiger charge is -2.23. The van der Waals surface area contributed by atoms with E-state index in [0.717, 1.165) is 25.3 Å². The van der Waals surface area contributed by atoms with Gasteiger partial charge in [-0.15, -0.1) is 0 Å². The smallest absolute Gasteiger partial charge is 0.424 e. The van der Waals surface area contributed by atoms with Gasteiger partial charge in [0.15, 0.2) is 6.61 Å². The first kappa shape index (κ1) is 20.4. The van der Waals surface area contributed by atoms with Gasteiger partial charge in [-0.05, 0) is 18.8 Å². The molecule has 0 saturated heterocycles. The van der Waals surface area contributed by atoms with Crippen molar-refractivity contribution in [3.63, 3.8) is 0 Å². The molecule has 0 bridgehead atoms. The summed E-state index contributed by atoms with van der Waals surface area (Å²) in [6.45, 7) is -1.93. The molecular formula is C15H15F3N2O7. The van der Waals surface area contributed by atoms with Gasteiger partial charge < -0.3 is 9.47 Å². The molecule has 0 aliphatic heterocycles. The van der Waals surface area contributed by atoms with Crippen LogP contribution in [0.15, 0.2) is 12.1 Å². The molecule has 0 radical (unpaired) electrons. The predicted molar refractivity (Wildman–Crippen MR) is 83.6 cm³/mol. The number of carbonyl (C=O) groups is 1. The molecule has 0 unspecified atom stereocenters. The number of rotatable bonds is 5. The van der Waals surface area contributed by atoms with Gasteiger partial charge in [-0.2, -0.15) is 13.2 Å². The Morgan fingerprint density at radius 1 is 1.11 bits per heavy atom. The van der Waals surface area contributed by atoms with Gasteiger partial charge in [0, 0.05) is 11.6 Å². The lowest BCUT2D eigenvalue weighted by Crippen LogP contribution is -2.23. The van der Waals surface area contributed by atoms with Crippen molar-refractivity contribution in [2.24, 2.45) is 0 Å². The van der Waals surface area contributed by atoms with E-state index < -0.39 is 45.9 Å². The number of nitro groups is 2. The summed E-state index contributed by atoms with van der Waals surface area (Å²) in [6, 6.07) is 1.65. The Kier molecular flexibility index (Phi) is 6.18. The van der Waals surface area contributed by atoms with Crippen molar-refractivity contribution in [1.29, 1.82) is 0 Å². The topological polar surface area (TPSA) is 122 Å². The van der Waals surface area contributed by atoms with Crippen LogP contribution in [-0.2, 0) is 4.74 Å². The highest BCUT2D eigenvalue weighted by atomic mass is 19.4. The van der Waals surface area contributed by atoms with E-state index in [9.17, 15) is 38.2 Å². The standard InChI is InChI=1S/C15H15F3N2O7/c16-15(17,18)8-26-14(21)27-13-11(9-4-2-1-3-5-9)6-10(19(22)23)7-12(13)20(24)25/h6-7,9H,1-5,8H2. The first-order chi connectivity index (χ1) is 12.6. The van der Waals surface area contributed by atoms with Crippen LogP contribution in [0.4, 0.5) is 29.3 Å². The van der Waals surface area contributed by atoms with E-state index in [0.29, 0.717) is 18.9 Å². The summed E-state index contributed by atoms with van der Waals surface area (Å²) >= 11 is 0. The number of ether oxygens (including phenoxy) is 2. The van der Waals surface area contributed by atoms with E-state index in [1.165, 1.54) is 0 Å². The molecule has 0 atom stereocenters. The predicted octanol–water partition coefficient (Wildman–Crippen LogP) is 4.63. The Labute approximate surface area is 150 Å². The molecule has 1 saturated carbocycles. The SMILES string of the molecule is O=C(OCC(F)(F)F)Oc1c(C2CCCCC2)cc([N+](=O)[O-])cc1[N+](=O)[O-]. The normalized spacial score (nSPS) is 15.2. The van der Waals surface area contributed by atoms with E-state index >= 15 is 0 Å². The third kappa shape index (κ3) is 5.53. The monoisotopic (exact) mass is 392 g/mol. The molecule has 27 heavy (non-hydrogen) atoms. The third-order valence-electron chi connectivity index (χ3n) is 4.07. The molecule has 148 valence electrons. The summed E-state index contributed by atoms with van der Waals surface area (Å²) < 4.78 is 45.1. The number of nitrogens with zero attached hydrogens (tertiary/aromatic N) is 2. The number of nitro benzene ring substituents is 2. The molecule has 1 aromatic carbocycles. The van der Waals surface area contributed by atoms with Crippen LogP contribution >= 0.6 is 0 Å². The summed E-state index contributed by atoms with van der Waals surface area (Å²) in [7, 11) is 0. The molecule has 0 heterocycles. The fourth-order valence-electron chi connectivity index (χ4n) is 2.94. The van der Waals surface area contributed by atoms with Gasteiger partial charge in [-0.1, -0.05) is 19.3 Å². The Morgan fingerprint density at radius 3 is 2.26 bits per heavy atom. The van der Waals surface area contributed by atoms with E-state index in [2.05, 4.69) is 4.74 Å². The zero-order valence-electron chi connectivity index (χ0n) is 13.9. The van der Waals surface area contributed by atoms with Crippen LogP contribution in [0.1, 0.15) is 43.6 Å². The maximum absolute atomic E-state index is 12.2. The zero-order chi connectivity index (χ0) is 20.2. The van der Waals surface area contributed by atoms with Crippen LogP contribution in [-0.4, -0.2) is 28.8 Å². The first-order valence-electron chi connectivity index (χ1n) is 7.96. The van der Waals surface area contributed by atoms with Crippen LogP contribution < -0.4 is 4.74 Å². The highest BCUT2D eigenvalue weighted by Gasteiger charge is 2.34. The Bertz CT molecular complexity index is 746. The van der Waals surface area contributed by atoms with Crippen molar-refractivity contribution >= 4 is 17.5 Å². The largest absolute Gasteiger partial charge is 0.514 e. The molecule has 12 heteroatoms. The summed E-state index contributed by atoms with van der Waals surface area (Å²) in [6.07, 6.45) is -3.04. The van der Waals surface area contributed by atoms with Gasteiger partial charge in [-0.25, -0.2) is 4.79 Å². The number of halogens is 3. The van der Waals surface area contributed by atoms with E-state index in [4.69, 9.17) is 4.74 Å². The van der Waals surface area contributed by atoms with Gasteiger partial charge in [0.25, 0.3) is 5.69 Å². The fourth-order valence-corrected chi connectivity index (χ4v) is 2.94. The molecule has 1 aliphatic rings. The van der Waals surface area contributed by atoms with Crippen LogP contribution in [0.25, 0.3) is 0 Å². The number of hydrogen-bond donors (Lipinski definition) is 0. The third-order valence-corrected chi connectivity index (χ3v) is 4.07. The fraction of sp³-hybridized carbons (Fsp3) is 0.533. The number of benzene rings is 1. The minimum absolute atomic E-state index is 0.0413. The van der Waals surface area contributed by atoms with Gasteiger partial charge in [0.05, 0.1) is 15.9 Å². The molecule has 0 spiro atoms. The molecule has 0 amide bonds. The van der Waals surface area contributed by atoms with Gasteiger partial charge in [0.2, 0.25) is 5.75 Å². The number of alkyl halides is 3. The molecule has 0 N–H and O–H groups in total. The summed E-state index contributed by atoms with van der Waals surface area (Å²) in [5.74, 6) is -0.979. The van der Waals surface area contributed by atoms with Crippen molar-refractivity contribution in [2.75, 3.05) is 6.61 Å². The molecule has 1 aliphatic carbocycles. The second-order valence-corrected chi connectivity index (χ2v) is 5.99. The summed E-state index contributed by atoms with van der Waals surface area (Å²) in [4.78, 5) is 32.1. The molecule has 2 rings (SSSR count). The average Bonchev–Trinajstić information content (AvgIpc) is 2.59. The molecule has 1 aromatic rings. The van der Waals surface area contributed by atoms with E-state index in [1.807, 2.05) is 0 Å². The van der Waals surface area contributed by atoms with Crippen LogP contribution in [0.2, 0.25) is 0 Å². The second-order valence-electron chi connectivity index (χ2n) is 5.99. The van der Waals surface area contributed by atoms with Crippen LogP contribution in [0, 0.1) is 20.2 Å². The molecular weight excluding hydrogens is 377 g/mol. The van der Waals surface area contributed by atoms with Crippen molar-refractivity contribution in [2.45, 2.75) is 44.2 Å². The van der Waals surface area contributed by atoms with Crippen LogP contribution in [0.3, 0.4) is 0 Å². The maximum atomic E-state index is 12.2. The van der Waals surface area contributed by atoms with Crippen LogP contribution in [0.5, 0.6) is 5.75 Å². The van der Waals surface area contributed by atoms with Crippen molar-refractivity contribution in [1.82, 2.24) is 0 Å². The first-order valence-corrected chi connectivity index (χ1v) is 7.96. The Morgan fingerprint density at radius 2 is 1.74 bits per heavy atom. The summed E-state index contributed by atoms with van der Waals surface area (Å²) in [5.41, 5.74) is -1.41. The van der Waals surface area contributed by atoms with E-state index in [1.54, 1.807) is 0 Å². The second kappa shape index (κ2) is 8.18. The highest BCUT2D eigenvalue weighted by Crippen LogP contribution is 2.44.